The summed E-state index contributed by atoms with van der Waals surface area (Å²) in [6.45, 7) is 5.00. The van der Waals surface area contributed by atoms with Crippen molar-refractivity contribution in [2.75, 3.05) is 6.61 Å². The lowest BCUT2D eigenvalue weighted by Gasteiger charge is -2.37. The number of rotatable bonds is 4. The standard InChI is InChI=1S/C13H25NO/c1-3-11-8-10(2)4-5-12(11)14-13(9-15)6-7-13/h10-12,14-15H,3-9H2,1-2H3. The van der Waals surface area contributed by atoms with Gasteiger partial charge in [-0.3, -0.25) is 0 Å². The maximum absolute atomic E-state index is 9.34. The molecule has 15 heavy (non-hydrogen) atoms. The van der Waals surface area contributed by atoms with Gasteiger partial charge in [0.1, 0.15) is 0 Å². The summed E-state index contributed by atoms with van der Waals surface area (Å²) in [4.78, 5) is 0. The summed E-state index contributed by atoms with van der Waals surface area (Å²) >= 11 is 0. The molecule has 2 aliphatic carbocycles. The Labute approximate surface area is 93.5 Å². The molecule has 2 fully saturated rings. The van der Waals surface area contributed by atoms with Crippen LogP contribution in [0.3, 0.4) is 0 Å². The predicted molar refractivity (Wildman–Crippen MR) is 62.8 cm³/mol. The number of hydrogen-bond acceptors (Lipinski definition) is 2. The van der Waals surface area contributed by atoms with Crippen molar-refractivity contribution in [3.05, 3.63) is 0 Å². The number of aliphatic hydroxyl groups is 1. The Morgan fingerprint density at radius 2 is 2.07 bits per heavy atom. The van der Waals surface area contributed by atoms with Crippen molar-refractivity contribution in [3.63, 3.8) is 0 Å². The molecule has 88 valence electrons. The van der Waals surface area contributed by atoms with E-state index in [-0.39, 0.29) is 5.54 Å². The van der Waals surface area contributed by atoms with E-state index < -0.39 is 0 Å². The molecular formula is C13H25NO. The van der Waals surface area contributed by atoms with E-state index in [4.69, 9.17) is 0 Å². The van der Waals surface area contributed by atoms with E-state index in [1.807, 2.05) is 0 Å². The van der Waals surface area contributed by atoms with Gasteiger partial charge in [-0.25, -0.2) is 0 Å². The number of hydrogen-bond donors (Lipinski definition) is 2. The molecule has 2 aliphatic rings. The van der Waals surface area contributed by atoms with Gasteiger partial charge >= 0.3 is 0 Å². The molecule has 0 heterocycles. The van der Waals surface area contributed by atoms with E-state index in [0.29, 0.717) is 12.6 Å². The first-order chi connectivity index (χ1) is 7.19. The molecule has 0 aliphatic heterocycles. The molecule has 0 bridgehead atoms. The van der Waals surface area contributed by atoms with Gasteiger partial charge in [-0.15, -0.1) is 0 Å². The molecule has 0 aromatic carbocycles. The van der Waals surface area contributed by atoms with E-state index in [1.54, 1.807) is 0 Å². The van der Waals surface area contributed by atoms with Gasteiger partial charge in [0.05, 0.1) is 6.61 Å². The molecule has 2 saturated carbocycles. The van der Waals surface area contributed by atoms with E-state index in [1.165, 1.54) is 38.5 Å². The van der Waals surface area contributed by atoms with Gasteiger partial charge in [0.2, 0.25) is 0 Å². The third-order valence-corrected chi connectivity index (χ3v) is 4.42. The van der Waals surface area contributed by atoms with Crippen molar-refractivity contribution in [2.24, 2.45) is 11.8 Å². The molecule has 0 aromatic heterocycles. The summed E-state index contributed by atoms with van der Waals surface area (Å²) in [6, 6.07) is 0.667. The second kappa shape index (κ2) is 4.42. The van der Waals surface area contributed by atoms with Crippen molar-refractivity contribution in [1.82, 2.24) is 5.32 Å². The normalized spacial score (nSPS) is 39.0. The van der Waals surface area contributed by atoms with E-state index >= 15 is 0 Å². The lowest BCUT2D eigenvalue weighted by molar-refractivity contribution is 0.156. The summed E-state index contributed by atoms with van der Waals surface area (Å²) in [7, 11) is 0. The van der Waals surface area contributed by atoms with Gasteiger partial charge in [0.25, 0.3) is 0 Å². The third kappa shape index (κ3) is 2.54. The van der Waals surface area contributed by atoms with Crippen molar-refractivity contribution in [3.8, 4) is 0 Å². The van der Waals surface area contributed by atoms with Gasteiger partial charge in [-0.05, 0) is 43.9 Å². The van der Waals surface area contributed by atoms with Crippen LogP contribution in [-0.4, -0.2) is 23.3 Å². The fourth-order valence-electron chi connectivity index (χ4n) is 3.03. The molecule has 2 N–H and O–H groups in total. The molecule has 2 heteroatoms. The highest BCUT2D eigenvalue weighted by Crippen LogP contribution is 2.39. The van der Waals surface area contributed by atoms with Crippen molar-refractivity contribution >= 4 is 0 Å². The molecule has 2 nitrogen and oxygen atoms in total. The van der Waals surface area contributed by atoms with E-state index in [0.717, 1.165) is 11.8 Å². The minimum atomic E-state index is 0.124. The topological polar surface area (TPSA) is 32.3 Å². The second-order valence-electron chi connectivity index (χ2n) is 5.78. The largest absolute Gasteiger partial charge is 0.394 e. The first-order valence-electron chi connectivity index (χ1n) is 6.57. The molecule has 0 amide bonds. The Balaban J connectivity index is 1.90. The Bertz CT molecular complexity index is 213. The fourth-order valence-corrected chi connectivity index (χ4v) is 3.03. The molecular weight excluding hydrogens is 186 g/mol. The highest BCUT2D eigenvalue weighted by atomic mass is 16.3. The molecule has 0 aromatic rings. The fraction of sp³-hybridized carbons (Fsp3) is 1.00. The minimum Gasteiger partial charge on any atom is -0.394 e. The zero-order chi connectivity index (χ0) is 10.9. The Morgan fingerprint density at radius 3 is 2.60 bits per heavy atom. The summed E-state index contributed by atoms with van der Waals surface area (Å²) < 4.78 is 0. The van der Waals surface area contributed by atoms with Crippen LogP contribution in [0.5, 0.6) is 0 Å². The van der Waals surface area contributed by atoms with Crippen molar-refractivity contribution in [1.29, 1.82) is 0 Å². The Morgan fingerprint density at radius 1 is 1.33 bits per heavy atom. The van der Waals surface area contributed by atoms with Gasteiger partial charge < -0.3 is 10.4 Å². The van der Waals surface area contributed by atoms with Gasteiger partial charge in [-0.2, -0.15) is 0 Å². The highest BCUT2D eigenvalue weighted by Gasteiger charge is 2.44. The van der Waals surface area contributed by atoms with Crippen LogP contribution >= 0.6 is 0 Å². The zero-order valence-corrected chi connectivity index (χ0v) is 10.1. The maximum atomic E-state index is 9.34. The third-order valence-electron chi connectivity index (χ3n) is 4.42. The van der Waals surface area contributed by atoms with Crippen LogP contribution in [-0.2, 0) is 0 Å². The van der Waals surface area contributed by atoms with Crippen LogP contribution in [0.15, 0.2) is 0 Å². The molecule has 0 radical (unpaired) electrons. The van der Waals surface area contributed by atoms with Crippen molar-refractivity contribution < 1.29 is 5.11 Å². The van der Waals surface area contributed by atoms with Crippen LogP contribution in [0, 0.1) is 11.8 Å². The van der Waals surface area contributed by atoms with Gasteiger partial charge in [0, 0.05) is 11.6 Å². The number of nitrogens with one attached hydrogen (secondary N) is 1. The second-order valence-corrected chi connectivity index (χ2v) is 5.78. The predicted octanol–water partition coefficient (Wildman–Crippen LogP) is 2.32. The average Bonchev–Trinajstić information content (AvgIpc) is 3.01. The first kappa shape index (κ1) is 11.4. The number of aliphatic hydroxyl groups excluding tert-OH is 1. The molecule has 2 rings (SSSR count). The van der Waals surface area contributed by atoms with Crippen LogP contribution in [0.25, 0.3) is 0 Å². The summed E-state index contributed by atoms with van der Waals surface area (Å²) in [5.74, 6) is 1.73. The quantitative estimate of drug-likeness (QED) is 0.748. The molecule has 0 saturated heterocycles. The first-order valence-corrected chi connectivity index (χ1v) is 6.57. The monoisotopic (exact) mass is 211 g/mol. The van der Waals surface area contributed by atoms with Crippen LogP contribution in [0.4, 0.5) is 0 Å². The van der Waals surface area contributed by atoms with Crippen LogP contribution < -0.4 is 5.32 Å². The summed E-state index contributed by atoms with van der Waals surface area (Å²) in [5, 5.41) is 13.1. The van der Waals surface area contributed by atoms with Gasteiger partial charge in [0.15, 0.2) is 0 Å². The molecule has 3 atom stereocenters. The van der Waals surface area contributed by atoms with Crippen LogP contribution in [0.2, 0.25) is 0 Å². The Kier molecular flexibility index (Phi) is 3.36. The lowest BCUT2D eigenvalue weighted by Crippen LogP contribution is -2.48. The maximum Gasteiger partial charge on any atom is 0.0613 e. The van der Waals surface area contributed by atoms with Crippen molar-refractivity contribution in [2.45, 2.75) is 64.0 Å². The Hall–Kier alpha value is -0.0800. The summed E-state index contributed by atoms with van der Waals surface area (Å²) in [5.41, 5.74) is 0.124. The van der Waals surface area contributed by atoms with E-state index in [2.05, 4.69) is 19.2 Å². The van der Waals surface area contributed by atoms with E-state index in [9.17, 15) is 5.11 Å². The average molecular weight is 211 g/mol. The molecule has 0 spiro atoms. The van der Waals surface area contributed by atoms with Crippen LogP contribution in [0.1, 0.15) is 52.4 Å². The minimum absolute atomic E-state index is 0.124. The zero-order valence-electron chi connectivity index (χ0n) is 10.1. The smallest absolute Gasteiger partial charge is 0.0613 e. The molecule has 3 unspecified atom stereocenters. The highest BCUT2D eigenvalue weighted by molar-refractivity contribution is 5.04. The van der Waals surface area contributed by atoms with Gasteiger partial charge in [-0.1, -0.05) is 20.3 Å². The lowest BCUT2D eigenvalue weighted by atomic mass is 9.77. The SMILES string of the molecule is CCC1CC(C)CCC1NC1(CO)CC1. The summed E-state index contributed by atoms with van der Waals surface area (Å²) in [6.07, 6.45) is 7.66.